The quantitative estimate of drug-likeness (QED) is 0.789. The Hall–Kier alpha value is -1.75. The van der Waals surface area contributed by atoms with Crippen LogP contribution in [0.15, 0.2) is 18.2 Å². The van der Waals surface area contributed by atoms with Gasteiger partial charge in [-0.25, -0.2) is 0 Å². The Bertz CT molecular complexity index is 428. The maximum absolute atomic E-state index is 11.3. The SMILES string of the molecule is NC(=O)c1cc(N)ccc1OCC1CCCCO1. The van der Waals surface area contributed by atoms with E-state index in [0.717, 1.165) is 25.9 Å². The number of hydrogen-bond acceptors (Lipinski definition) is 4. The van der Waals surface area contributed by atoms with E-state index in [1.807, 2.05) is 0 Å². The molecule has 1 heterocycles. The Morgan fingerprint density at radius 1 is 1.44 bits per heavy atom. The molecule has 98 valence electrons. The van der Waals surface area contributed by atoms with Crippen LogP contribution in [0, 0.1) is 0 Å². The van der Waals surface area contributed by atoms with Crippen molar-refractivity contribution in [1.29, 1.82) is 0 Å². The van der Waals surface area contributed by atoms with Gasteiger partial charge in [-0.05, 0) is 37.5 Å². The topological polar surface area (TPSA) is 87.6 Å². The number of carbonyl (C=O) groups is 1. The number of benzene rings is 1. The molecular weight excluding hydrogens is 232 g/mol. The summed E-state index contributed by atoms with van der Waals surface area (Å²) in [7, 11) is 0. The number of hydrogen-bond donors (Lipinski definition) is 2. The van der Waals surface area contributed by atoms with E-state index in [-0.39, 0.29) is 6.10 Å². The highest BCUT2D eigenvalue weighted by Gasteiger charge is 2.16. The fourth-order valence-corrected chi connectivity index (χ4v) is 1.99. The molecule has 5 nitrogen and oxygen atoms in total. The van der Waals surface area contributed by atoms with Crippen molar-refractivity contribution in [2.45, 2.75) is 25.4 Å². The van der Waals surface area contributed by atoms with E-state index >= 15 is 0 Å². The molecular formula is C13H18N2O3. The minimum Gasteiger partial charge on any atom is -0.490 e. The van der Waals surface area contributed by atoms with Crippen molar-refractivity contribution in [3.63, 3.8) is 0 Å². The van der Waals surface area contributed by atoms with E-state index < -0.39 is 5.91 Å². The molecule has 4 N–H and O–H groups in total. The van der Waals surface area contributed by atoms with Crippen LogP contribution in [-0.2, 0) is 4.74 Å². The smallest absolute Gasteiger partial charge is 0.252 e. The van der Waals surface area contributed by atoms with Crippen molar-refractivity contribution in [2.24, 2.45) is 5.73 Å². The van der Waals surface area contributed by atoms with Crippen molar-refractivity contribution < 1.29 is 14.3 Å². The molecule has 1 fully saturated rings. The standard InChI is InChI=1S/C13H18N2O3/c14-9-4-5-12(11(7-9)13(15)16)18-8-10-3-1-2-6-17-10/h4-5,7,10H,1-3,6,8,14H2,(H2,15,16). The van der Waals surface area contributed by atoms with Crippen LogP contribution in [0.4, 0.5) is 5.69 Å². The van der Waals surface area contributed by atoms with Crippen LogP contribution in [-0.4, -0.2) is 25.2 Å². The highest BCUT2D eigenvalue weighted by molar-refractivity contribution is 5.96. The Balaban J connectivity index is 2.01. The lowest BCUT2D eigenvalue weighted by Crippen LogP contribution is -2.26. The van der Waals surface area contributed by atoms with Gasteiger partial charge in [0.2, 0.25) is 0 Å². The van der Waals surface area contributed by atoms with Crippen molar-refractivity contribution in [2.75, 3.05) is 18.9 Å². The Morgan fingerprint density at radius 2 is 2.28 bits per heavy atom. The molecule has 1 aliphatic rings. The van der Waals surface area contributed by atoms with E-state index in [2.05, 4.69) is 0 Å². The average molecular weight is 250 g/mol. The minimum absolute atomic E-state index is 0.0945. The normalized spacial score (nSPS) is 19.4. The first kappa shape index (κ1) is 12.7. The van der Waals surface area contributed by atoms with Crippen LogP contribution in [0.25, 0.3) is 0 Å². The van der Waals surface area contributed by atoms with Crippen LogP contribution in [0.5, 0.6) is 5.75 Å². The number of amides is 1. The number of rotatable bonds is 4. The summed E-state index contributed by atoms with van der Waals surface area (Å²) in [6, 6.07) is 4.88. The van der Waals surface area contributed by atoms with E-state index in [1.165, 1.54) is 6.07 Å². The number of carbonyl (C=O) groups excluding carboxylic acids is 1. The zero-order valence-electron chi connectivity index (χ0n) is 10.2. The summed E-state index contributed by atoms with van der Waals surface area (Å²) in [5.74, 6) is -0.0762. The van der Waals surface area contributed by atoms with Crippen LogP contribution in [0.2, 0.25) is 0 Å². The molecule has 0 spiro atoms. The summed E-state index contributed by atoms with van der Waals surface area (Å²) in [5, 5.41) is 0. The second-order valence-corrected chi connectivity index (χ2v) is 4.42. The average Bonchev–Trinajstić information content (AvgIpc) is 2.38. The first-order valence-corrected chi connectivity index (χ1v) is 6.10. The number of nitrogens with two attached hydrogens (primary N) is 2. The highest BCUT2D eigenvalue weighted by Crippen LogP contribution is 2.22. The van der Waals surface area contributed by atoms with Crippen LogP contribution >= 0.6 is 0 Å². The van der Waals surface area contributed by atoms with Gasteiger partial charge in [-0.1, -0.05) is 0 Å². The summed E-state index contributed by atoms with van der Waals surface area (Å²) >= 11 is 0. The fraction of sp³-hybridized carbons (Fsp3) is 0.462. The fourth-order valence-electron chi connectivity index (χ4n) is 1.99. The van der Waals surface area contributed by atoms with E-state index in [0.29, 0.717) is 23.6 Å². The molecule has 1 aromatic rings. The molecule has 0 aliphatic carbocycles. The van der Waals surface area contributed by atoms with Crippen LogP contribution < -0.4 is 16.2 Å². The first-order valence-electron chi connectivity index (χ1n) is 6.10. The van der Waals surface area contributed by atoms with E-state index in [4.69, 9.17) is 20.9 Å². The van der Waals surface area contributed by atoms with Crippen LogP contribution in [0.3, 0.4) is 0 Å². The van der Waals surface area contributed by atoms with Crippen molar-refractivity contribution >= 4 is 11.6 Å². The molecule has 18 heavy (non-hydrogen) atoms. The molecule has 1 unspecified atom stereocenters. The second kappa shape index (κ2) is 5.73. The van der Waals surface area contributed by atoms with Gasteiger partial charge >= 0.3 is 0 Å². The number of nitrogen functional groups attached to an aromatic ring is 1. The molecule has 5 heteroatoms. The molecule has 0 radical (unpaired) electrons. The molecule has 1 saturated heterocycles. The Morgan fingerprint density at radius 3 is 2.94 bits per heavy atom. The third kappa shape index (κ3) is 3.13. The number of ether oxygens (including phenoxy) is 2. The number of anilines is 1. The monoisotopic (exact) mass is 250 g/mol. The lowest BCUT2D eigenvalue weighted by molar-refractivity contribution is -0.0112. The largest absolute Gasteiger partial charge is 0.490 e. The molecule has 1 aliphatic heterocycles. The third-order valence-corrected chi connectivity index (χ3v) is 2.97. The molecule has 1 aromatic carbocycles. The summed E-state index contributed by atoms with van der Waals surface area (Å²) in [6.45, 7) is 1.21. The molecule has 2 rings (SSSR count). The first-order chi connectivity index (χ1) is 8.66. The van der Waals surface area contributed by atoms with Gasteiger partial charge in [-0.2, -0.15) is 0 Å². The van der Waals surface area contributed by atoms with Crippen LogP contribution in [0.1, 0.15) is 29.6 Å². The summed E-state index contributed by atoms with van der Waals surface area (Å²) in [4.78, 5) is 11.3. The molecule has 0 aromatic heterocycles. The van der Waals surface area contributed by atoms with Gasteiger partial charge in [0.15, 0.2) is 0 Å². The third-order valence-electron chi connectivity index (χ3n) is 2.97. The zero-order chi connectivity index (χ0) is 13.0. The maximum atomic E-state index is 11.3. The van der Waals surface area contributed by atoms with Gasteiger partial charge in [0.05, 0.1) is 11.7 Å². The van der Waals surface area contributed by atoms with Gasteiger partial charge in [0.1, 0.15) is 12.4 Å². The summed E-state index contributed by atoms with van der Waals surface area (Å²) in [6.07, 6.45) is 3.33. The lowest BCUT2D eigenvalue weighted by Gasteiger charge is -2.23. The highest BCUT2D eigenvalue weighted by atomic mass is 16.5. The lowest BCUT2D eigenvalue weighted by atomic mass is 10.1. The van der Waals surface area contributed by atoms with Crippen molar-refractivity contribution in [1.82, 2.24) is 0 Å². The Labute approximate surface area is 106 Å². The maximum Gasteiger partial charge on any atom is 0.252 e. The molecule has 0 bridgehead atoms. The van der Waals surface area contributed by atoms with E-state index in [1.54, 1.807) is 12.1 Å². The van der Waals surface area contributed by atoms with Gasteiger partial charge in [-0.15, -0.1) is 0 Å². The predicted molar refractivity (Wildman–Crippen MR) is 68.5 cm³/mol. The second-order valence-electron chi connectivity index (χ2n) is 4.42. The predicted octanol–water partition coefficient (Wildman–Crippen LogP) is 1.32. The minimum atomic E-state index is -0.540. The van der Waals surface area contributed by atoms with Crippen molar-refractivity contribution in [3.05, 3.63) is 23.8 Å². The summed E-state index contributed by atoms with van der Waals surface area (Å²) < 4.78 is 11.2. The van der Waals surface area contributed by atoms with Gasteiger partial charge in [0, 0.05) is 12.3 Å². The van der Waals surface area contributed by atoms with Gasteiger partial charge < -0.3 is 20.9 Å². The molecule has 0 saturated carbocycles. The van der Waals surface area contributed by atoms with E-state index in [9.17, 15) is 4.79 Å². The zero-order valence-corrected chi connectivity index (χ0v) is 10.2. The summed E-state index contributed by atoms with van der Waals surface area (Å²) in [5.41, 5.74) is 11.7. The number of primary amides is 1. The van der Waals surface area contributed by atoms with Gasteiger partial charge in [-0.3, -0.25) is 4.79 Å². The molecule has 1 atom stereocenters. The van der Waals surface area contributed by atoms with Crippen molar-refractivity contribution in [3.8, 4) is 5.75 Å². The van der Waals surface area contributed by atoms with Gasteiger partial charge in [0.25, 0.3) is 5.91 Å². The molecule has 1 amide bonds. The Kier molecular flexibility index (Phi) is 4.04.